The van der Waals surface area contributed by atoms with Gasteiger partial charge in [0.05, 0.1) is 13.1 Å². The minimum absolute atomic E-state index is 0.297. The molecule has 2 rings (SSSR count). The molecule has 0 unspecified atom stereocenters. The molecule has 1 aliphatic carbocycles. The van der Waals surface area contributed by atoms with Gasteiger partial charge < -0.3 is 15.4 Å². The Balaban J connectivity index is 2.02. The Labute approximate surface area is 132 Å². The molecule has 0 bridgehead atoms. The number of ether oxygens (including phenoxy) is 1. The Kier molecular flexibility index (Phi) is 6.56. The van der Waals surface area contributed by atoms with E-state index in [0.717, 1.165) is 24.9 Å². The van der Waals surface area contributed by atoms with Crippen LogP contribution in [0.2, 0.25) is 0 Å². The maximum atomic E-state index is 6.03. The van der Waals surface area contributed by atoms with E-state index in [2.05, 4.69) is 26.5 Å². The SMILES string of the molecule is C#CCNC(=NCc1cccnc1OC1CCCC1)NCC. The summed E-state index contributed by atoms with van der Waals surface area (Å²) in [5.41, 5.74) is 0.993. The molecule has 0 saturated heterocycles. The van der Waals surface area contributed by atoms with E-state index in [9.17, 15) is 0 Å². The molecule has 0 atom stereocenters. The van der Waals surface area contributed by atoms with Crippen LogP contribution in [0.5, 0.6) is 5.88 Å². The van der Waals surface area contributed by atoms with Crippen molar-refractivity contribution in [2.45, 2.75) is 45.3 Å². The monoisotopic (exact) mass is 300 g/mol. The van der Waals surface area contributed by atoms with Crippen LogP contribution in [0.25, 0.3) is 0 Å². The first-order valence-corrected chi connectivity index (χ1v) is 7.89. The molecule has 0 amide bonds. The number of hydrogen-bond acceptors (Lipinski definition) is 3. The highest BCUT2D eigenvalue weighted by Gasteiger charge is 2.18. The summed E-state index contributed by atoms with van der Waals surface area (Å²) in [7, 11) is 0. The zero-order valence-corrected chi connectivity index (χ0v) is 13.1. The molecule has 22 heavy (non-hydrogen) atoms. The fourth-order valence-electron chi connectivity index (χ4n) is 2.46. The number of aromatic nitrogens is 1. The minimum atomic E-state index is 0.297. The quantitative estimate of drug-likeness (QED) is 0.480. The molecule has 0 radical (unpaired) electrons. The molecule has 5 nitrogen and oxygen atoms in total. The van der Waals surface area contributed by atoms with Gasteiger partial charge in [-0.05, 0) is 38.7 Å². The summed E-state index contributed by atoms with van der Waals surface area (Å²) in [6, 6.07) is 3.92. The number of pyridine rings is 1. The zero-order chi connectivity index (χ0) is 15.6. The summed E-state index contributed by atoms with van der Waals surface area (Å²) in [6.45, 7) is 3.76. The number of nitrogens with one attached hydrogen (secondary N) is 2. The lowest BCUT2D eigenvalue weighted by molar-refractivity contribution is 0.199. The standard InChI is InChI=1S/C17H24N4O/c1-3-11-20-17(18-4-2)21-13-14-8-7-12-19-16(14)22-15-9-5-6-10-15/h1,7-8,12,15H,4-6,9-11,13H2,2H3,(H2,18,20,21). The topological polar surface area (TPSA) is 58.5 Å². The highest BCUT2D eigenvalue weighted by Crippen LogP contribution is 2.25. The van der Waals surface area contributed by atoms with Gasteiger partial charge in [0.1, 0.15) is 6.10 Å². The number of hydrogen-bond donors (Lipinski definition) is 2. The van der Waals surface area contributed by atoms with Crippen molar-refractivity contribution in [3.05, 3.63) is 23.9 Å². The summed E-state index contributed by atoms with van der Waals surface area (Å²) in [5.74, 6) is 3.95. The fourth-order valence-corrected chi connectivity index (χ4v) is 2.46. The van der Waals surface area contributed by atoms with Crippen molar-refractivity contribution < 1.29 is 4.74 Å². The smallest absolute Gasteiger partial charge is 0.218 e. The number of terminal acetylenes is 1. The highest BCUT2D eigenvalue weighted by molar-refractivity contribution is 5.80. The Bertz CT molecular complexity index is 530. The van der Waals surface area contributed by atoms with Gasteiger partial charge in [0.25, 0.3) is 0 Å². The van der Waals surface area contributed by atoms with Crippen molar-refractivity contribution in [1.29, 1.82) is 0 Å². The Morgan fingerprint density at radius 3 is 3.00 bits per heavy atom. The fraction of sp³-hybridized carbons (Fsp3) is 0.529. The van der Waals surface area contributed by atoms with Gasteiger partial charge in [-0.3, -0.25) is 0 Å². The van der Waals surface area contributed by atoms with E-state index in [-0.39, 0.29) is 0 Å². The maximum Gasteiger partial charge on any atom is 0.218 e. The zero-order valence-electron chi connectivity index (χ0n) is 13.1. The molecule has 0 aliphatic heterocycles. The van der Waals surface area contributed by atoms with Crippen molar-refractivity contribution in [3.63, 3.8) is 0 Å². The Morgan fingerprint density at radius 2 is 2.27 bits per heavy atom. The van der Waals surface area contributed by atoms with Crippen molar-refractivity contribution in [3.8, 4) is 18.2 Å². The molecular formula is C17H24N4O. The lowest BCUT2D eigenvalue weighted by Crippen LogP contribution is -2.37. The van der Waals surface area contributed by atoms with Crippen LogP contribution in [0.3, 0.4) is 0 Å². The van der Waals surface area contributed by atoms with E-state index in [4.69, 9.17) is 11.2 Å². The molecule has 0 aromatic carbocycles. The van der Waals surface area contributed by atoms with Gasteiger partial charge in [-0.25, -0.2) is 9.98 Å². The van der Waals surface area contributed by atoms with Gasteiger partial charge in [-0.1, -0.05) is 12.0 Å². The van der Waals surface area contributed by atoms with Crippen LogP contribution in [0, 0.1) is 12.3 Å². The summed E-state index contributed by atoms with van der Waals surface area (Å²) < 4.78 is 6.03. The predicted octanol–water partition coefficient (Wildman–Crippen LogP) is 2.09. The average molecular weight is 300 g/mol. The largest absolute Gasteiger partial charge is 0.474 e. The van der Waals surface area contributed by atoms with E-state index in [1.54, 1.807) is 6.20 Å². The normalized spacial score (nSPS) is 15.4. The molecular weight excluding hydrogens is 276 g/mol. The molecule has 5 heteroatoms. The summed E-state index contributed by atoms with van der Waals surface area (Å²) in [6.07, 6.45) is 12.0. The first-order chi connectivity index (χ1) is 10.8. The Hall–Kier alpha value is -2.22. The van der Waals surface area contributed by atoms with E-state index >= 15 is 0 Å². The van der Waals surface area contributed by atoms with E-state index in [1.807, 2.05) is 19.1 Å². The first-order valence-electron chi connectivity index (χ1n) is 7.89. The molecule has 1 aromatic rings. The van der Waals surface area contributed by atoms with E-state index in [0.29, 0.717) is 31.0 Å². The van der Waals surface area contributed by atoms with Crippen LogP contribution in [-0.4, -0.2) is 30.1 Å². The molecule has 0 spiro atoms. The third-order valence-electron chi connectivity index (χ3n) is 3.54. The van der Waals surface area contributed by atoms with Gasteiger partial charge in [-0.15, -0.1) is 6.42 Å². The number of rotatable bonds is 6. The minimum Gasteiger partial charge on any atom is -0.474 e. The molecule has 118 valence electrons. The van der Waals surface area contributed by atoms with Gasteiger partial charge in [-0.2, -0.15) is 0 Å². The van der Waals surface area contributed by atoms with Crippen molar-refractivity contribution in [2.75, 3.05) is 13.1 Å². The van der Waals surface area contributed by atoms with Crippen LogP contribution in [0.4, 0.5) is 0 Å². The summed E-state index contributed by atoms with van der Waals surface area (Å²) >= 11 is 0. The number of nitrogens with zero attached hydrogens (tertiary/aromatic N) is 2. The summed E-state index contributed by atoms with van der Waals surface area (Å²) in [4.78, 5) is 8.90. The Morgan fingerprint density at radius 1 is 1.45 bits per heavy atom. The third kappa shape index (κ3) is 4.96. The van der Waals surface area contributed by atoms with Crippen molar-refractivity contribution in [2.24, 2.45) is 4.99 Å². The molecule has 1 aromatic heterocycles. The third-order valence-corrected chi connectivity index (χ3v) is 3.54. The van der Waals surface area contributed by atoms with Gasteiger partial charge in [0, 0.05) is 18.3 Å². The molecule has 1 aliphatic rings. The van der Waals surface area contributed by atoms with Crippen LogP contribution in [0.1, 0.15) is 38.2 Å². The highest BCUT2D eigenvalue weighted by atomic mass is 16.5. The number of aliphatic imine (C=N–C) groups is 1. The van der Waals surface area contributed by atoms with Crippen LogP contribution < -0.4 is 15.4 Å². The van der Waals surface area contributed by atoms with E-state index < -0.39 is 0 Å². The molecule has 1 fully saturated rings. The number of guanidine groups is 1. The molecule has 1 saturated carbocycles. The van der Waals surface area contributed by atoms with Crippen molar-refractivity contribution >= 4 is 5.96 Å². The predicted molar refractivity (Wildman–Crippen MR) is 88.8 cm³/mol. The van der Waals surface area contributed by atoms with E-state index in [1.165, 1.54) is 12.8 Å². The van der Waals surface area contributed by atoms with Crippen molar-refractivity contribution in [1.82, 2.24) is 15.6 Å². The second-order valence-electron chi connectivity index (χ2n) is 5.24. The van der Waals surface area contributed by atoms with Gasteiger partial charge in [0.15, 0.2) is 5.96 Å². The summed E-state index contributed by atoms with van der Waals surface area (Å²) in [5, 5.41) is 6.24. The van der Waals surface area contributed by atoms with Crippen LogP contribution >= 0.6 is 0 Å². The average Bonchev–Trinajstić information content (AvgIpc) is 3.04. The maximum absolute atomic E-state index is 6.03. The first kappa shape index (κ1) is 16.2. The lowest BCUT2D eigenvalue weighted by Gasteiger charge is -2.15. The lowest BCUT2D eigenvalue weighted by atomic mass is 10.2. The van der Waals surface area contributed by atoms with Gasteiger partial charge in [0.2, 0.25) is 5.88 Å². The van der Waals surface area contributed by atoms with Crippen LogP contribution in [-0.2, 0) is 6.54 Å². The van der Waals surface area contributed by atoms with Gasteiger partial charge >= 0.3 is 0 Å². The molecule has 1 heterocycles. The second-order valence-corrected chi connectivity index (χ2v) is 5.24. The van der Waals surface area contributed by atoms with Crippen LogP contribution in [0.15, 0.2) is 23.3 Å². The second kappa shape index (κ2) is 8.93. The molecule has 2 N–H and O–H groups in total.